The number of methoxy groups -OCH3 is 1. The second-order valence-electron chi connectivity index (χ2n) is 6.26. The van der Waals surface area contributed by atoms with Gasteiger partial charge in [-0.15, -0.1) is 0 Å². The van der Waals surface area contributed by atoms with Crippen LogP contribution >= 0.6 is 0 Å². The summed E-state index contributed by atoms with van der Waals surface area (Å²) in [6.45, 7) is 9.47. The molecule has 0 aliphatic carbocycles. The first-order valence-corrected chi connectivity index (χ1v) is 7.63. The van der Waals surface area contributed by atoms with Gasteiger partial charge in [0, 0.05) is 19.2 Å². The summed E-state index contributed by atoms with van der Waals surface area (Å²) in [6, 6.07) is 3.88. The van der Waals surface area contributed by atoms with E-state index >= 15 is 0 Å². The summed E-state index contributed by atoms with van der Waals surface area (Å²) in [5, 5.41) is 13.6. The average molecular weight is 323 g/mol. The number of benzene rings is 1. The van der Waals surface area contributed by atoms with Crippen molar-refractivity contribution in [1.82, 2.24) is 4.90 Å². The van der Waals surface area contributed by atoms with Crippen molar-refractivity contribution in [2.24, 2.45) is 11.8 Å². The fourth-order valence-electron chi connectivity index (χ4n) is 2.21. The van der Waals surface area contributed by atoms with Gasteiger partial charge in [0.05, 0.1) is 23.8 Å². The zero-order valence-corrected chi connectivity index (χ0v) is 14.3. The molecule has 7 nitrogen and oxygen atoms in total. The Balaban J connectivity index is 2.94. The van der Waals surface area contributed by atoms with Crippen molar-refractivity contribution in [3.63, 3.8) is 0 Å². The number of hydrogen-bond donors (Lipinski definition) is 1. The predicted octanol–water partition coefficient (Wildman–Crippen LogP) is 3.75. The molecule has 0 fully saturated rings. The van der Waals surface area contributed by atoms with E-state index in [9.17, 15) is 14.9 Å². The van der Waals surface area contributed by atoms with Gasteiger partial charge in [-0.05, 0) is 17.9 Å². The quantitative estimate of drug-likeness (QED) is 0.611. The molecule has 0 atom stereocenters. The van der Waals surface area contributed by atoms with Gasteiger partial charge in [-0.25, -0.2) is 4.79 Å². The highest BCUT2D eigenvalue weighted by Gasteiger charge is 2.19. The van der Waals surface area contributed by atoms with Gasteiger partial charge in [-0.3, -0.25) is 10.1 Å². The van der Waals surface area contributed by atoms with Gasteiger partial charge >= 0.3 is 6.03 Å². The number of ether oxygens (including phenoxy) is 1. The number of nitro benzene ring substituents is 1. The number of nitrogens with one attached hydrogen (secondary N) is 1. The van der Waals surface area contributed by atoms with Crippen LogP contribution in [-0.2, 0) is 0 Å². The molecule has 0 unspecified atom stereocenters. The van der Waals surface area contributed by atoms with E-state index < -0.39 is 4.92 Å². The van der Waals surface area contributed by atoms with Crippen LogP contribution in [-0.4, -0.2) is 36.1 Å². The van der Waals surface area contributed by atoms with Crippen molar-refractivity contribution >= 4 is 17.4 Å². The Morgan fingerprint density at radius 3 is 2.26 bits per heavy atom. The first-order valence-electron chi connectivity index (χ1n) is 7.63. The summed E-state index contributed by atoms with van der Waals surface area (Å²) in [4.78, 5) is 24.5. The number of amides is 2. The molecule has 1 rings (SSSR count). The normalized spacial score (nSPS) is 10.7. The van der Waals surface area contributed by atoms with Crippen molar-refractivity contribution in [1.29, 1.82) is 0 Å². The summed E-state index contributed by atoms with van der Waals surface area (Å²) in [6.07, 6.45) is 0. The molecular weight excluding hydrogens is 298 g/mol. The number of anilines is 1. The van der Waals surface area contributed by atoms with Gasteiger partial charge in [0.2, 0.25) is 0 Å². The highest BCUT2D eigenvalue weighted by molar-refractivity contribution is 5.91. The average Bonchev–Trinajstić information content (AvgIpc) is 2.45. The third kappa shape index (κ3) is 5.77. The first kappa shape index (κ1) is 18.7. The van der Waals surface area contributed by atoms with Crippen molar-refractivity contribution in [3.05, 3.63) is 28.3 Å². The van der Waals surface area contributed by atoms with E-state index in [1.807, 2.05) is 27.7 Å². The van der Waals surface area contributed by atoms with E-state index in [4.69, 9.17) is 4.74 Å². The zero-order valence-electron chi connectivity index (χ0n) is 14.3. The Labute approximate surface area is 136 Å². The fourth-order valence-corrected chi connectivity index (χ4v) is 2.21. The summed E-state index contributed by atoms with van der Waals surface area (Å²) < 4.78 is 5.14. The topological polar surface area (TPSA) is 84.7 Å². The summed E-state index contributed by atoms with van der Waals surface area (Å²) in [5.74, 6) is 0.957. The molecule has 0 aliphatic rings. The Kier molecular flexibility index (Phi) is 6.81. The lowest BCUT2D eigenvalue weighted by Crippen LogP contribution is -2.40. The third-order valence-electron chi connectivity index (χ3n) is 3.10. The SMILES string of the molecule is COc1cc([N+](=O)[O-])ccc1NC(=O)N(CC(C)C)CC(C)C. The highest BCUT2D eigenvalue weighted by atomic mass is 16.6. The van der Waals surface area contributed by atoms with Gasteiger partial charge in [0.25, 0.3) is 5.69 Å². The minimum absolute atomic E-state index is 0.0823. The monoisotopic (exact) mass is 323 g/mol. The molecule has 0 radical (unpaired) electrons. The molecule has 0 heterocycles. The predicted molar refractivity (Wildman–Crippen MR) is 89.9 cm³/mol. The number of urea groups is 1. The molecule has 23 heavy (non-hydrogen) atoms. The Hall–Kier alpha value is -2.31. The third-order valence-corrected chi connectivity index (χ3v) is 3.10. The van der Waals surface area contributed by atoms with Gasteiger partial charge in [0.15, 0.2) is 0 Å². The zero-order chi connectivity index (χ0) is 17.6. The smallest absolute Gasteiger partial charge is 0.321 e. The van der Waals surface area contributed by atoms with E-state index in [1.165, 1.54) is 25.3 Å². The van der Waals surface area contributed by atoms with Crippen LogP contribution in [0.15, 0.2) is 18.2 Å². The van der Waals surface area contributed by atoms with E-state index in [0.717, 1.165) is 0 Å². The molecule has 0 bridgehead atoms. The van der Waals surface area contributed by atoms with Crippen molar-refractivity contribution < 1.29 is 14.5 Å². The molecule has 0 saturated heterocycles. The first-order chi connectivity index (χ1) is 10.7. The Bertz CT molecular complexity index is 548. The van der Waals surface area contributed by atoms with E-state index in [1.54, 1.807) is 4.90 Å². The highest BCUT2D eigenvalue weighted by Crippen LogP contribution is 2.29. The number of nitro groups is 1. The van der Waals surface area contributed by atoms with Crippen LogP contribution in [0.25, 0.3) is 0 Å². The second kappa shape index (κ2) is 8.36. The largest absolute Gasteiger partial charge is 0.494 e. The minimum Gasteiger partial charge on any atom is -0.494 e. The van der Waals surface area contributed by atoms with Crippen molar-refractivity contribution in [2.75, 3.05) is 25.5 Å². The molecule has 7 heteroatoms. The molecule has 2 amide bonds. The van der Waals surface area contributed by atoms with Crippen molar-refractivity contribution in [2.45, 2.75) is 27.7 Å². The lowest BCUT2D eigenvalue weighted by atomic mass is 10.1. The van der Waals surface area contributed by atoms with Gasteiger partial charge in [-0.2, -0.15) is 0 Å². The molecule has 1 N–H and O–H groups in total. The minimum atomic E-state index is -0.502. The fraction of sp³-hybridized carbons (Fsp3) is 0.562. The van der Waals surface area contributed by atoms with Crippen LogP contribution in [0.2, 0.25) is 0 Å². The molecule has 0 aromatic heterocycles. The summed E-state index contributed by atoms with van der Waals surface area (Å²) in [7, 11) is 1.41. The standard InChI is InChI=1S/C16H25N3O4/c1-11(2)9-18(10-12(3)4)16(20)17-14-7-6-13(19(21)22)8-15(14)23-5/h6-8,11-12H,9-10H2,1-5H3,(H,17,20). The summed E-state index contributed by atoms with van der Waals surface area (Å²) >= 11 is 0. The summed E-state index contributed by atoms with van der Waals surface area (Å²) in [5.41, 5.74) is 0.335. The number of non-ortho nitro benzene ring substituents is 1. The van der Waals surface area contributed by atoms with E-state index in [-0.39, 0.29) is 17.5 Å². The molecule has 0 aliphatic heterocycles. The van der Waals surface area contributed by atoms with Crippen LogP contribution in [0.5, 0.6) is 5.75 Å². The molecule has 1 aromatic carbocycles. The molecular formula is C16H25N3O4. The second-order valence-corrected chi connectivity index (χ2v) is 6.26. The van der Waals surface area contributed by atoms with Crippen molar-refractivity contribution in [3.8, 4) is 5.75 Å². The molecule has 1 aromatic rings. The maximum absolute atomic E-state index is 12.5. The van der Waals surface area contributed by atoms with E-state index in [2.05, 4.69) is 5.32 Å². The Morgan fingerprint density at radius 1 is 1.26 bits per heavy atom. The van der Waals surface area contributed by atoms with Crippen LogP contribution in [0, 0.1) is 22.0 Å². The molecule has 0 saturated carbocycles. The number of nitrogens with zero attached hydrogens (tertiary/aromatic N) is 2. The van der Waals surface area contributed by atoms with Crippen LogP contribution < -0.4 is 10.1 Å². The Morgan fingerprint density at radius 2 is 1.83 bits per heavy atom. The maximum Gasteiger partial charge on any atom is 0.321 e. The molecule has 128 valence electrons. The van der Waals surface area contributed by atoms with Crippen LogP contribution in [0.3, 0.4) is 0 Å². The lowest BCUT2D eigenvalue weighted by molar-refractivity contribution is -0.384. The van der Waals surface area contributed by atoms with Gasteiger partial charge in [0.1, 0.15) is 5.75 Å². The number of carbonyl (C=O) groups excluding carboxylic acids is 1. The molecule has 0 spiro atoms. The number of carbonyl (C=O) groups is 1. The van der Waals surface area contributed by atoms with Crippen LogP contribution in [0.4, 0.5) is 16.2 Å². The number of rotatable bonds is 7. The maximum atomic E-state index is 12.5. The van der Waals surface area contributed by atoms with Crippen LogP contribution in [0.1, 0.15) is 27.7 Å². The lowest BCUT2D eigenvalue weighted by Gasteiger charge is -2.26. The van der Waals surface area contributed by atoms with E-state index in [0.29, 0.717) is 30.6 Å². The van der Waals surface area contributed by atoms with Gasteiger partial charge in [-0.1, -0.05) is 27.7 Å². The number of hydrogen-bond acceptors (Lipinski definition) is 4. The van der Waals surface area contributed by atoms with Gasteiger partial charge < -0.3 is 15.0 Å².